The SMILES string of the molecule is Cc1cc(C)c(C)c(C(=O)OC23CC4CC(C2)CC(C(=O)OCC(F)(F)S(=O)(=O)O)(C4)C3)c1. The van der Waals surface area contributed by atoms with Gasteiger partial charge in [-0.05, 0) is 87.5 Å². The number of esters is 2. The maximum Gasteiger partial charge on any atom is 0.402 e. The Morgan fingerprint density at radius 2 is 1.73 bits per heavy atom. The molecule has 33 heavy (non-hydrogen) atoms. The van der Waals surface area contributed by atoms with Gasteiger partial charge in [-0.1, -0.05) is 6.07 Å². The first-order valence-electron chi connectivity index (χ1n) is 11.0. The van der Waals surface area contributed by atoms with Gasteiger partial charge in [-0.2, -0.15) is 17.2 Å². The van der Waals surface area contributed by atoms with Crippen molar-refractivity contribution in [1.29, 1.82) is 0 Å². The highest BCUT2D eigenvalue weighted by Gasteiger charge is 2.63. The van der Waals surface area contributed by atoms with Gasteiger partial charge in [-0.25, -0.2) is 4.79 Å². The van der Waals surface area contributed by atoms with Gasteiger partial charge in [0.25, 0.3) is 0 Å². The summed E-state index contributed by atoms with van der Waals surface area (Å²) in [5, 5.41) is -4.59. The molecule has 0 aliphatic heterocycles. The lowest BCUT2D eigenvalue weighted by Gasteiger charge is -2.59. The van der Waals surface area contributed by atoms with Gasteiger partial charge in [0.15, 0.2) is 6.61 Å². The molecule has 4 bridgehead atoms. The average Bonchev–Trinajstić information content (AvgIpc) is 2.66. The first-order valence-corrected chi connectivity index (χ1v) is 12.4. The van der Waals surface area contributed by atoms with Crippen LogP contribution in [0.25, 0.3) is 0 Å². The van der Waals surface area contributed by atoms with Crippen LogP contribution < -0.4 is 0 Å². The number of halogens is 2. The van der Waals surface area contributed by atoms with Crippen molar-refractivity contribution < 1.29 is 40.8 Å². The molecule has 4 saturated carbocycles. The predicted molar refractivity (Wildman–Crippen MR) is 113 cm³/mol. The number of alkyl halides is 2. The number of ether oxygens (including phenoxy) is 2. The predicted octanol–water partition coefficient (Wildman–Crippen LogP) is 4.13. The van der Waals surface area contributed by atoms with Crippen molar-refractivity contribution in [2.45, 2.75) is 70.2 Å². The molecule has 0 saturated heterocycles. The molecule has 0 aromatic heterocycles. The van der Waals surface area contributed by atoms with E-state index in [4.69, 9.17) is 14.0 Å². The van der Waals surface area contributed by atoms with E-state index in [2.05, 4.69) is 0 Å². The fourth-order valence-electron chi connectivity index (χ4n) is 6.42. The van der Waals surface area contributed by atoms with Crippen LogP contribution in [0.15, 0.2) is 12.1 Å². The molecule has 1 aromatic carbocycles. The molecule has 1 aromatic rings. The second-order valence-electron chi connectivity index (χ2n) is 10.3. The minimum Gasteiger partial charge on any atom is -0.458 e. The molecule has 2 unspecified atom stereocenters. The number of hydrogen-bond acceptors (Lipinski definition) is 6. The van der Waals surface area contributed by atoms with Crippen LogP contribution in [0, 0.1) is 38.0 Å². The van der Waals surface area contributed by atoms with E-state index >= 15 is 0 Å². The maximum atomic E-state index is 13.6. The number of carbonyl (C=O) groups excluding carboxylic acids is 2. The van der Waals surface area contributed by atoms with E-state index in [1.807, 2.05) is 26.8 Å². The zero-order valence-corrected chi connectivity index (χ0v) is 19.6. The Kier molecular flexibility index (Phi) is 5.64. The molecule has 182 valence electrons. The van der Waals surface area contributed by atoms with E-state index in [1.54, 1.807) is 6.07 Å². The highest BCUT2D eigenvalue weighted by molar-refractivity contribution is 7.86. The van der Waals surface area contributed by atoms with Crippen LogP contribution in [0.3, 0.4) is 0 Å². The smallest absolute Gasteiger partial charge is 0.402 e. The van der Waals surface area contributed by atoms with E-state index in [0.29, 0.717) is 31.2 Å². The van der Waals surface area contributed by atoms with E-state index in [1.165, 1.54) is 0 Å². The summed E-state index contributed by atoms with van der Waals surface area (Å²) in [5.41, 5.74) is 1.17. The maximum absolute atomic E-state index is 13.6. The summed E-state index contributed by atoms with van der Waals surface area (Å²) in [6.45, 7) is 3.90. The molecule has 0 spiro atoms. The lowest BCUT2D eigenvalue weighted by molar-refractivity contribution is -0.200. The Balaban J connectivity index is 1.56. The van der Waals surface area contributed by atoms with Gasteiger partial charge in [-0.15, -0.1) is 0 Å². The molecule has 7 nitrogen and oxygen atoms in total. The Morgan fingerprint density at radius 3 is 2.30 bits per heavy atom. The molecule has 4 fully saturated rings. The normalized spacial score (nSPS) is 30.8. The van der Waals surface area contributed by atoms with Crippen molar-refractivity contribution in [3.63, 3.8) is 0 Å². The standard InChI is InChI=1S/C23H28F2O7S/c1-13-4-14(2)15(3)18(5-13)19(26)32-22-9-16-6-17(10-22)8-21(7-16,11-22)20(27)31-12-23(24,25)33(28,29)30/h4-5,16-17H,6-12H2,1-3H3,(H,28,29,30). The molecule has 0 radical (unpaired) electrons. The molecule has 4 aliphatic rings. The fourth-order valence-corrected chi connectivity index (χ4v) is 6.63. The van der Waals surface area contributed by atoms with Gasteiger partial charge in [-0.3, -0.25) is 9.35 Å². The van der Waals surface area contributed by atoms with Crippen molar-refractivity contribution in [2.24, 2.45) is 17.3 Å². The minimum absolute atomic E-state index is 0.0778. The first-order chi connectivity index (χ1) is 15.2. The van der Waals surface area contributed by atoms with Crippen LogP contribution in [-0.4, -0.2) is 42.4 Å². The molecule has 0 heterocycles. The summed E-state index contributed by atoms with van der Waals surface area (Å²) in [6.07, 6.45) is 3.03. The van der Waals surface area contributed by atoms with Crippen molar-refractivity contribution >= 4 is 22.1 Å². The Labute approximate surface area is 191 Å². The summed E-state index contributed by atoms with van der Waals surface area (Å²) in [4.78, 5) is 26.1. The molecule has 0 amide bonds. The van der Waals surface area contributed by atoms with Crippen LogP contribution in [-0.2, 0) is 24.4 Å². The zero-order valence-electron chi connectivity index (χ0n) is 18.8. The van der Waals surface area contributed by atoms with E-state index < -0.39 is 44.9 Å². The number of aryl methyl sites for hydroxylation is 2. The van der Waals surface area contributed by atoms with Crippen molar-refractivity contribution in [3.05, 3.63) is 34.4 Å². The molecule has 1 N–H and O–H groups in total. The monoisotopic (exact) mass is 486 g/mol. The van der Waals surface area contributed by atoms with Gasteiger partial charge in [0, 0.05) is 6.42 Å². The fraction of sp³-hybridized carbons (Fsp3) is 0.652. The second kappa shape index (κ2) is 7.73. The van der Waals surface area contributed by atoms with Gasteiger partial charge in [0.05, 0.1) is 11.0 Å². The number of carbonyl (C=O) groups is 2. The number of rotatable bonds is 6. The van der Waals surface area contributed by atoms with Gasteiger partial charge in [0.2, 0.25) is 0 Å². The molecular weight excluding hydrogens is 458 g/mol. The second-order valence-corrected chi connectivity index (χ2v) is 11.8. The van der Waals surface area contributed by atoms with E-state index in [0.717, 1.165) is 23.1 Å². The van der Waals surface area contributed by atoms with E-state index in [9.17, 15) is 26.8 Å². The summed E-state index contributed by atoms with van der Waals surface area (Å²) < 4.78 is 68.4. The highest BCUT2D eigenvalue weighted by atomic mass is 32.2. The van der Waals surface area contributed by atoms with Crippen molar-refractivity contribution in [1.82, 2.24) is 0 Å². The zero-order chi connectivity index (χ0) is 24.4. The summed E-state index contributed by atoms with van der Waals surface area (Å²) in [7, 11) is -5.70. The van der Waals surface area contributed by atoms with E-state index in [-0.39, 0.29) is 18.3 Å². The quantitative estimate of drug-likeness (QED) is 0.476. The summed E-state index contributed by atoms with van der Waals surface area (Å²) >= 11 is 0. The van der Waals surface area contributed by atoms with Crippen LogP contribution in [0.5, 0.6) is 0 Å². The first kappa shape index (κ1) is 24.1. The molecule has 10 heteroatoms. The lowest BCUT2D eigenvalue weighted by atomic mass is 9.48. The molecule has 4 aliphatic carbocycles. The highest BCUT2D eigenvalue weighted by Crippen LogP contribution is 2.63. The average molecular weight is 487 g/mol. The summed E-state index contributed by atoms with van der Waals surface area (Å²) in [5.74, 6) is -1.24. The van der Waals surface area contributed by atoms with Gasteiger partial charge >= 0.3 is 27.3 Å². The lowest BCUT2D eigenvalue weighted by Crippen LogP contribution is -2.60. The third-order valence-electron chi connectivity index (χ3n) is 7.53. The Morgan fingerprint density at radius 1 is 1.12 bits per heavy atom. The third kappa shape index (κ3) is 4.27. The topological polar surface area (TPSA) is 107 Å². The molecule has 2 atom stereocenters. The Hall–Kier alpha value is -2.07. The van der Waals surface area contributed by atoms with Gasteiger partial charge in [0.1, 0.15) is 5.60 Å². The largest absolute Gasteiger partial charge is 0.458 e. The van der Waals surface area contributed by atoms with Crippen LogP contribution in [0.4, 0.5) is 8.78 Å². The molecule has 5 rings (SSSR count). The van der Waals surface area contributed by atoms with Crippen LogP contribution >= 0.6 is 0 Å². The number of benzene rings is 1. The van der Waals surface area contributed by atoms with Crippen molar-refractivity contribution in [2.75, 3.05) is 6.61 Å². The molecular formula is C23H28F2O7S. The summed E-state index contributed by atoms with van der Waals surface area (Å²) in [6, 6.07) is 3.75. The number of hydrogen-bond donors (Lipinski definition) is 1. The van der Waals surface area contributed by atoms with Crippen LogP contribution in [0.2, 0.25) is 0 Å². The van der Waals surface area contributed by atoms with Crippen LogP contribution in [0.1, 0.15) is 65.6 Å². The Bertz CT molecular complexity index is 1100. The third-order valence-corrected chi connectivity index (χ3v) is 8.40. The van der Waals surface area contributed by atoms with Gasteiger partial charge < -0.3 is 9.47 Å². The van der Waals surface area contributed by atoms with Crippen molar-refractivity contribution in [3.8, 4) is 0 Å². The minimum atomic E-state index is -5.70.